The van der Waals surface area contributed by atoms with E-state index in [-0.39, 0.29) is 18.9 Å². The molecule has 4 aromatic rings. The summed E-state index contributed by atoms with van der Waals surface area (Å²) in [5.74, 6) is -0.0485. The Kier molecular flexibility index (Phi) is 7.74. The SMILES string of the molecule is NC(=O)[C@H](Cc1ccccc1)NC(=O)CCCOc1cc(-c2cccnc2)nn1-c1ncccn1. The van der Waals surface area contributed by atoms with Crippen LogP contribution in [0.1, 0.15) is 18.4 Å². The maximum Gasteiger partial charge on any atom is 0.253 e. The molecule has 2 amide bonds. The highest BCUT2D eigenvalue weighted by molar-refractivity contribution is 5.86. The molecule has 35 heavy (non-hydrogen) atoms. The van der Waals surface area contributed by atoms with Crippen molar-refractivity contribution in [2.75, 3.05) is 6.61 Å². The summed E-state index contributed by atoms with van der Waals surface area (Å²) >= 11 is 0. The normalized spacial score (nSPS) is 11.5. The lowest BCUT2D eigenvalue weighted by molar-refractivity contribution is -0.127. The van der Waals surface area contributed by atoms with E-state index in [9.17, 15) is 9.59 Å². The summed E-state index contributed by atoms with van der Waals surface area (Å²) in [5, 5.41) is 7.27. The number of carbonyl (C=O) groups is 2. The standard InChI is InChI=1S/C25H25N7O3/c26-24(34)21(15-18-7-2-1-3-8-18)30-22(33)10-5-14-35-23-16-20(19-9-4-11-27-17-19)31-32(23)25-28-12-6-13-29-25/h1-4,6-9,11-13,16-17,21H,5,10,14-15H2,(H2,26,34)(H,30,33)/t21-/m0/s1. The van der Waals surface area contributed by atoms with Gasteiger partial charge in [-0.15, -0.1) is 0 Å². The molecule has 0 radical (unpaired) electrons. The van der Waals surface area contributed by atoms with Gasteiger partial charge in [-0.05, 0) is 30.2 Å². The average molecular weight is 472 g/mol. The van der Waals surface area contributed by atoms with Crippen molar-refractivity contribution in [3.8, 4) is 23.1 Å². The van der Waals surface area contributed by atoms with Gasteiger partial charge in [0.15, 0.2) is 0 Å². The second-order valence-electron chi connectivity index (χ2n) is 7.73. The minimum Gasteiger partial charge on any atom is -0.477 e. The predicted molar refractivity (Wildman–Crippen MR) is 128 cm³/mol. The molecule has 0 aliphatic rings. The minimum absolute atomic E-state index is 0.171. The van der Waals surface area contributed by atoms with Crippen molar-refractivity contribution in [1.29, 1.82) is 0 Å². The van der Waals surface area contributed by atoms with Gasteiger partial charge < -0.3 is 15.8 Å². The molecule has 3 aromatic heterocycles. The Hall–Kier alpha value is -4.60. The van der Waals surface area contributed by atoms with E-state index in [1.165, 1.54) is 4.68 Å². The van der Waals surface area contributed by atoms with E-state index in [4.69, 9.17) is 10.5 Å². The predicted octanol–water partition coefficient (Wildman–Crippen LogP) is 2.10. The number of carbonyl (C=O) groups excluding carboxylic acids is 2. The van der Waals surface area contributed by atoms with Crippen LogP contribution < -0.4 is 15.8 Å². The van der Waals surface area contributed by atoms with Crippen molar-refractivity contribution in [3.63, 3.8) is 0 Å². The third-order valence-electron chi connectivity index (χ3n) is 5.14. The number of nitrogens with two attached hydrogens (primary N) is 1. The number of ether oxygens (including phenoxy) is 1. The molecule has 1 atom stereocenters. The van der Waals surface area contributed by atoms with Crippen LogP contribution in [0.3, 0.4) is 0 Å². The molecular formula is C25H25N7O3. The largest absolute Gasteiger partial charge is 0.477 e. The van der Waals surface area contributed by atoms with Gasteiger partial charge in [-0.25, -0.2) is 9.97 Å². The average Bonchev–Trinajstić information content (AvgIpc) is 3.32. The van der Waals surface area contributed by atoms with Crippen LogP contribution in [0.2, 0.25) is 0 Å². The van der Waals surface area contributed by atoms with Gasteiger partial charge in [0.1, 0.15) is 6.04 Å². The van der Waals surface area contributed by atoms with Gasteiger partial charge in [0.2, 0.25) is 17.7 Å². The topological polar surface area (TPSA) is 138 Å². The van der Waals surface area contributed by atoms with E-state index >= 15 is 0 Å². The molecule has 0 aliphatic heterocycles. The van der Waals surface area contributed by atoms with Crippen LogP contribution in [0.5, 0.6) is 5.88 Å². The molecule has 4 rings (SSSR count). The van der Waals surface area contributed by atoms with Crippen molar-refractivity contribution in [3.05, 3.63) is 84.9 Å². The monoisotopic (exact) mass is 471 g/mol. The molecule has 0 aliphatic carbocycles. The summed E-state index contributed by atoms with van der Waals surface area (Å²) in [6, 6.07) is 15.8. The van der Waals surface area contributed by atoms with E-state index in [0.717, 1.165) is 11.1 Å². The number of primary amides is 1. The summed E-state index contributed by atoms with van der Waals surface area (Å²) in [5.41, 5.74) is 7.88. The number of benzene rings is 1. The van der Waals surface area contributed by atoms with E-state index in [1.807, 2.05) is 42.5 Å². The molecule has 178 valence electrons. The fraction of sp³-hybridized carbons (Fsp3) is 0.200. The Balaban J connectivity index is 1.35. The zero-order valence-electron chi connectivity index (χ0n) is 18.9. The van der Waals surface area contributed by atoms with Crippen LogP contribution in [-0.4, -0.2) is 49.2 Å². The highest BCUT2D eigenvalue weighted by Gasteiger charge is 2.19. The molecule has 0 bridgehead atoms. The molecule has 0 unspecified atom stereocenters. The van der Waals surface area contributed by atoms with Gasteiger partial charge in [0.25, 0.3) is 5.95 Å². The molecule has 3 N–H and O–H groups in total. The first kappa shape index (κ1) is 23.6. The molecule has 0 saturated carbocycles. The van der Waals surface area contributed by atoms with E-state index in [1.54, 1.807) is 36.9 Å². The number of amides is 2. The molecule has 1 aromatic carbocycles. The van der Waals surface area contributed by atoms with E-state index < -0.39 is 11.9 Å². The third kappa shape index (κ3) is 6.47. The Bertz CT molecular complexity index is 1250. The number of aromatic nitrogens is 5. The zero-order chi connectivity index (χ0) is 24.5. The van der Waals surface area contributed by atoms with Gasteiger partial charge in [0.05, 0.1) is 12.3 Å². The Morgan fingerprint density at radius 2 is 1.83 bits per heavy atom. The molecule has 0 fully saturated rings. The summed E-state index contributed by atoms with van der Waals surface area (Å²) in [6.45, 7) is 0.248. The second-order valence-corrected chi connectivity index (χ2v) is 7.73. The summed E-state index contributed by atoms with van der Waals surface area (Å²) in [7, 11) is 0. The fourth-order valence-corrected chi connectivity index (χ4v) is 3.41. The molecule has 10 heteroatoms. The number of pyridine rings is 1. The quantitative estimate of drug-likeness (QED) is 0.320. The number of nitrogens with one attached hydrogen (secondary N) is 1. The van der Waals surface area contributed by atoms with Gasteiger partial charge in [0, 0.05) is 49.3 Å². The fourth-order valence-electron chi connectivity index (χ4n) is 3.41. The summed E-state index contributed by atoms with van der Waals surface area (Å²) in [4.78, 5) is 36.8. The number of hydrogen-bond donors (Lipinski definition) is 2. The maximum atomic E-state index is 12.4. The summed E-state index contributed by atoms with van der Waals surface area (Å²) < 4.78 is 7.43. The van der Waals surface area contributed by atoms with Crippen LogP contribution in [0.15, 0.2) is 79.4 Å². The maximum absolute atomic E-state index is 12.4. The number of nitrogens with zero attached hydrogens (tertiary/aromatic N) is 5. The van der Waals surface area contributed by atoms with Gasteiger partial charge in [-0.2, -0.15) is 9.78 Å². The van der Waals surface area contributed by atoms with Crippen LogP contribution in [-0.2, 0) is 16.0 Å². The van der Waals surface area contributed by atoms with Crippen LogP contribution in [0.25, 0.3) is 17.2 Å². The Morgan fingerprint density at radius 1 is 1.03 bits per heavy atom. The highest BCUT2D eigenvalue weighted by Crippen LogP contribution is 2.24. The summed E-state index contributed by atoms with van der Waals surface area (Å²) in [6.07, 6.45) is 7.56. The lowest BCUT2D eigenvalue weighted by Gasteiger charge is -2.15. The lowest BCUT2D eigenvalue weighted by Crippen LogP contribution is -2.45. The first-order valence-corrected chi connectivity index (χ1v) is 11.1. The highest BCUT2D eigenvalue weighted by atomic mass is 16.5. The lowest BCUT2D eigenvalue weighted by atomic mass is 10.1. The second kappa shape index (κ2) is 11.5. The van der Waals surface area contributed by atoms with Crippen molar-refractivity contribution >= 4 is 11.8 Å². The van der Waals surface area contributed by atoms with Crippen molar-refractivity contribution in [2.45, 2.75) is 25.3 Å². The number of hydrogen-bond acceptors (Lipinski definition) is 7. The molecule has 0 saturated heterocycles. The van der Waals surface area contributed by atoms with Crippen LogP contribution >= 0.6 is 0 Å². The van der Waals surface area contributed by atoms with E-state index in [2.05, 4.69) is 25.4 Å². The third-order valence-corrected chi connectivity index (χ3v) is 5.14. The Morgan fingerprint density at radius 3 is 2.54 bits per heavy atom. The zero-order valence-corrected chi connectivity index (χ0v) is 18.9. The van der Waals surface area contributed by atoms with Crippen molar-refractivity contribution in [2.24, 2.45) is 5.73 Å². The minimum atomic E-state index is -0.774. The van der Waals surface area contributed by atoms with Crippen molar-refractivity contribution in [1.82, 2.24) is 30.0 Å². The smallest absolute Gasteiger partial charge is 0.253 e. The molecule has 3 heterocycles. The van der Waals surface area contributed by atoms with Crippen LogP contribution in [0, 0.1) is 0 Å². The number of rotatable bonds is 11. The molecular weight excluding hydrogens is 446 g/mol. The first-order chi connectivity index (χ1) is 17.1. The van der Waals surface area contributed by atoms with Gasteiger partial charge in [-0.1, -0.05) is 30.3 Å². The van der Waals surface area contributed by atoms with E-state index in [0.29, 0.717) is 30.4 Å². The first-order valence-electron chi connectivity index (χ1n) is 11.1. The van der Waals surface area contributed by atoms with Crippen LogP contribution in [0.4, 0.5) is 0 Å². The van der Waals surface area contributed by atoms with Gasteiger partial charge >= 0.3 is 0 Å². The Labute approximate surface area is 202 Å². The molecule has 0 spiro atoms. The molecule has 10 nitrogen and oxygen atoms in total. The van der Waals surface area contributed by atoms with Crippen molar-refractivity contribution < 1.29 is 14.3 Å². The van der Waals surface area contributed by atoms with Gasteiger partial charge in [-0.3, -0.25) is 14.6 Å².